The molecule has 0 spiro atoms. The molecular formula is C21H17N5O2S2. The number of aromatic nitrogens is 2. The van der Waals surface area contributed by atoms with E-state index in [4.69, 9.17) is 4.42 Å². The number of fused-ring (bicyclic) bond motifs is 1. The molecule has 7 nitrogen and oxygen atoms in total. The number of para-hydroxylation sites is 1. The maximum Gasteiger partial charge on any atom is 0.234 e. The van der Waals surface area contributed by atoms with Crippen LogP contribution in [0.2, 0.25) is 0 Å². The standard InChI is InChI=1S/C21H17N5O2S2/c1-12-7-8-14(9-13(12)2)23-20-25-26-21(30-20)29-11-18(27)24-19-15-5-3-4-6-16(15)28-17(19)10-22/h3-9H,11H2,1-2H3,(H,23,25)(H,24,27). The van der Waals surface area contributed by atoms with Gasteiger partial charge in [-0.25, -0.2) is 0 Å². The quantitative estimate of drug-likeness (QED) is 0.399. The minimum absolute atomic E-state index is 0.0883. The minimum Gasteiger partial charge on any atom is -0.443 e. The molecule has 2 aromatic heterocycles. The van der Waals surface area contributed by atoms with Crippen molar-refractivity contribution < 1.29 is 9.21 Å². The number of nitrogens with one attached hydrogen (secondary N) is 2. The van der Waals surface area contributed by atoms with E-state index in [1.54, 1.807) is 12.1 Å². The molecule has 0 saturated carbocycles. The Balaban J connectivity index is 1.38. The average molecular weight is 436 g/mol. The second kappa shape index (κ2) is 8.57. The Labute approximate surface area is 181 Å². The van der Waals surface area contributed by atoms with E-state index in [1.807, 2.05) is 30.3 Å². The highest BCUT2D eigenvalue weighted by Crippen LogP contribution is 2.31. The topological polar surface area (TPSA) is 104 Å². The van der Waals surface area contributed by atoms with E-state index in [2.05, 4.69) is 40.7 Å². The molecule has 2 N–H and O–H groups in total. The monoisotopic (exact) mass is 435 g/mol. The lowest BCUT2D eigenvalue weighted by Crippen LogP contribution is -2.14. The third-order valence-electron chi connectivity index (χ3n) is 4.45. The summed E-state index contributed by atoms with van der Waals surface area (Å²) in [5.74, 6) is -0.0184. The van der Waals surface area contributed by atoms with Gasteiger partial charge in [-0.05, 0) is 49.2 Å². The first-order valence-electron chi connectivity index (χ1n) is 9.05. The van der Waals surface area contributed by atoms with Crippen molar-refractivity contribution >= 4 is 56.5 Å². The van der Waals surface area contributed by atoms with Crippen LogP contribution >= 0.6 is 23.1 Å². The smallest absolute Gasteiger partial charge is 0.234 e. The second-order valence-electron chi connectivity index (χ2n) is 6.55. The number of hydrogen-bond donors (Lipinski definition) is 2. The van der Waals surface area contributed by atoms with Crippen molar-refractivity contribution in [1.82, 2.24) is 10.2 Å². The van der Waals surface area contributed by atoms with Crippen molar-refractivity contribution in [3.05, 3.63) is 59.4 Å². The molecule has 0 saturated heterocycles. The number of furan rings is 1. The number of hydrogen-bond acceptors (Lipinski definition) is 8. The van der Waals surface area contributed by atoms with Gasteiger partial charge in [0, 0.05) is 11.1 Å². The van der Waals surface area contributed by atoms with Gasteiger partial charge in [-0.1, -0.05) is 41.3 Å². The highest BCUT2D eigenvalue weighted by atomic mass is 32.2. The van der Waals surface area contributed by atoms with E-state index in [-0.39, 0.29) is 17.4 Å². The number of benzene rings is 2. The minimum atomic E-state index is -0.248. The zero-order valence-electron chi connectivity index (χ0n) is 16.2. The van der Waals surface area contributed by atoms with Crippen LogP contribution in [0.15, 0.2) is 51.2 Å². The largest absolute Gasteiger partial charge is 0.443 e. The van der Waals surface area contributed by atoms with Crippen LogP contribution in [0.25, 0.3) is 11.0 Å². The van der Waals surface area contributed by atoms with Crippen LogP contribution in [0.4, 0.5) is 16.5 Å². The van der Waals surface area contributed by atoms with Gasteiger partial charge in [0.15, 0.2) is 4.34 Å². The van der Waals surface area contributed by atoms with E-state index < -0.39 is 0 Å². The van der Waals surface area contributed by atoms with E-state index in [0.717, 1.165) is 5.69 Å². The van der Waals surface area contributed by atoms with E-state index >= 15 is 0 Å². The molecule has 0 atom stereocenters. The summed E-state index contributed by atoms with van der Waals surface area (Å²) >= 11 is 2.66. The lowest BCUT2D eigenvalue weighted by molar-refractivity contribution is -0.113. The van der Waals surface area contributed by atoms with Crippen LogP contribution in [0.1, 0.15) is 16.9 Å². The Hall–Kier alpha value is -3.35. The van der Waals surface area contributed by atoms with E-state index in [9.17, 15) is 10.1 Å². The van der Waals surface area contributed by atoms with Crippen LogP contribution in [0.5, 0.6) is 0 Å². The molecule has 0 bridgehead atoms. The zero-order valence-corrected chi connectivity index (χ0v) is 17.9. The number of nitrogens with zero attached hydrogens (tertiary/aromatic N) is 3. The summed E-state index contributed by atoms with van der Waals surface area (Å²) in [5.41, 5.74) is 4.32. The van der Waals surface area contributed by atoms with Crippen molar-refractivity contribution in [3.8, 4) is 6.07 Å². The fourth-order valence-corrected chi connectivity index (χ4v) is 4.38. The molecule has 0 aliphatic rings. The Morgan fingerprint density at radius 1 is 1.20 bits per heavy atom. The molecule has 9 heteroatoms. The van der Waals surface area contributed by atoms with Gasteiger partial charge in [-0.2, -0.15) is 5.26 Å². The number of carbonyl (C=O) groups excluding carboxylic acids is 1. The van der Waals surface area contributed by atoms with Crippen LogP contribution in [-0.4, -0.2) is 21.9 Å². The Bertz CT molecular complexity index is 1270. The Kier molecular flexibility index (Phi) is 5.70. The van der Waals surface area contributed by atoms with Crippen LogP contribution in [0.3, 0.4) is 0 Å². The van der Waals surface area contributed by atoms with E-state index in [1.165, 1.54) is 34.2 Å². The number of amides is 1. The normalized spacial score (nSPS) is 10.7. The number of thioether (sulfide) groups is 1. The highest BCUT2D eigenvalue weighted by Gasteiger charge is 2.17. The molecule has 30 heavy (non-hydrogen) atoms. The Morgan fingerprint density at radius 2 is 2.03 bits per heavy atom. The summed E-state index contributed by atoms with van der Waals surface area (Å²) in [4.78, 5) is 12.4. The van der Waals surface area contributed by atoms with E-state index in [0.29, 0.717) is 26.1 Å². The lowest BCUT2D eigenvalue weighted by Gasteiger charge is -2.05. The summed E-state index contributed by atoms with van der Waals surface area (Å²) in [6.45, 7) is 4.12. The highest BCUT2D eigenvalue weighted by molar-refractivity contribution is 8.01. The fraction of sp³-hybridized carbons (Fsp3) is 0.143. The Morgan fingerprint density at radius 3 is 2.83 bits per heavy atom. The van der Waals surface area contributed by atoms with Gasteiger partial charge >= 0.3 is 0 Å². The molecule has 0 aliphatic heterocycles. The SMILES string of the molecule is Cc1ccc(Nc2nnc(SCC(=O)Nc3c(C#N)oc4ccccc34)s2)cc1C. The molecular weight excluding hydrogens is 418 g/mol. The van der Waals surface area contributed by atoms with Crippen LogP contribution in [-0.2, 0) is 4.79 Å². The summed E-state index contributed by atoms with van der Waals surface area (Å²) in [5, 5.41) is 24.9. The molecule has 0 fully saturated rings. The first-order chi connectivity index (χ1) is 14.5. The number of anilines is 3. The molecule has 4 rings (SSSR count). The van der Waals surface area contributed by atoms with Crippen molar-refractivity contribution in [3.63, 3.8) is 0 Å². The molecule has 1 amide bonds. The number of aryl methyl sites for hydroxylation is 2. The van der Waals surface area contributed by atoms with Crippen molar-refractivity contribution in [1.29, 1.82) is 5.26 Å². The van der Waals surface area contributed by atoms with Crippen LogP contribution in [0, 0.1) is 25.2 Å². The predicted octanol–water partition coefficient (Wildman–Crippen LogP) is 5.25. The summed E-state index contributed by atoms with van der Waals surface area (Å²) in [6.07, 6.45) is 0. The van der Waals surface area contributed by atoms with Gasteiger partial charge in [0.25, 0.3) is 0 Å². The number of rotatable bonds is 6. The third kappa shape index (κ3) is 4.30. The predicted molar refractivity (Wildman–Crippen MR) is 119 cm³/mol. The average Bonchev–Trinajstić information content (AvgIpc) is 3.33. The van der Waals surface area contributed by atoms with Gasteiger partial charge in [0.2, 0.25) is 16.8 Å². The van der Waals surface area contributed by atoms with Crippen molar-refractivity contribution in [2.24, 2.45) is 0 Å². The third-order valence-corrected chi connectivity index (χ3v) is 6.42. The fourth-order valence-electron chi connectivity index (χ4n) is 2.81. The lowest BCUT2D eigenvalue weighted by atomic mass is 10.1. The first kappa shape index (κ1) is 19.9. The molecule has 4 aromatic rings. The molecule has 0 unspecified atom stereocenters. The zero-order chi connectivity index (χ0) is 21.1. The molecule has 2 aromatic carbocycles. The van der Waals surface area contributed by atoms with Crippen molar-refractivity contribution in [2.75, 3.05) is 16.4 Å². The van der Waals surface area contributed by atoms with Crippen LogP contribution < -0.4 is 10.6 Å². The van der Waals surface area contributed by atoms with Gasteiger partial charge in [-0.3, -0.25) is 4.79 Å². The molecule has 2 heterocycles. The maximum atomic E-state index is 12.4. The second-order valence-corrected chi connectivity index (χ2v) is 8.75. The van der Waals surface area contributed by atoms with Crippen molar-refractivity contribution in [2.45, 2.75) is 18.2 Å². The molecule has 0 radical (unpaired) electrons. The summed E-state index contributed by atoms with van der Waals surface area (Å²) in [6, 6.07) is 15.3. The van der Waals surface area contributed by atoms with Gasteiger partial charge in [0.05, 0.1) is 5.75 Å². The number of carbonyl (C=O) groups is 1. The molecule has 150 valence electrons. The van der Waals surface area contributed by atoms with Gasteiger partial charge in [0.1, 0.15) is 17.3 Å². The van der Waals surface area contributed by atoms with Gasteiger partial charge in [-0.15, -0.1) is 10.2 Å². The maximum absolute atomic E-state index is 12.4. The van der Waals surface area contributed by atoms with Gasteiger partial charge < -0.3 is 15.1 Å². The summed E-state index contributed by atoms with van der Waals surface area (Å²) in [7, 11) is 0. The number of nitriles is 1. The first-order valence-corrected chi connectivity index (χ1v) is 10.9. The molecule has 0 aliphatic carbocycles. The summed E-state index contributed by atoms with van der Waals surface area (Å²) < 4.78 is 6.15.